The average molecular weight is 279 g/mol. The minimum absolute atomic E-state index is 0.395. The van der Waals surface area contributed by atoms with Crippen LogP contribution >= 0.6 is 0 Å². The van der Waals surface area contributed by atoms with E-state index in [1.165, 1.54) is 6.42 Å². The van der Waals surface area contributed by atoms with Gasteiger partial charge in [-0.1, -0.05) is 6.07 Å². The van der Waals surface area contributed by atoms with Crippen LogP contribution in [0, 0.1) is 15.9 Å². The van der Waals surface area contributed by atoms with Crippen molar-refractivity contribution < 1.29 is 9.31 Å². The predicted molar refractivity (Wildman–Crippen MR) is 74.5 cm³/mol. The summed E-state index contributed by atoms with van der Waals surface area (Å²) in [6, 6.07) is 5.31. The molecule has 0 radical (unpaired) electrons. The zero-order chi connectivity index (χ0) is 14.3. The third-order valence-corrected chi connectivity index (χ3v) is 4.64. The van der Waals surface area contributed by atoms with E-state index in [0.717, 1.165) is 32.0 Å². The molecule has 2 saturated heterocycles. The Morgan fingerprint density at radius 3 is 2.80 bits per heavy atom. The van der Waals surface area contributed by atoms with Gasteiger partial charge in [-0.25, -0.2) is 0 Å². The van der Waals surface area contributed by atoms with Gasteiger partial charge in [-0.3, -0.25) is 15.0 Å². The van der Waals surface area contributed by atoms with Crippen LogP contribution in [-0.4, -0.2) is 42.0 Å². The highest BCUT2D eigenvalue weighted by Crippen LogP contribution is 2.35. The number of halogens is 1. The summed E-state index contributed by atoms with van der Waals surface area (Å²) in [6.45, 7) is 1.48. The zero-order valence-electron chi connectivity index (χ0n) is 11.5. The van der Waals surface area contributed by atoms with E-state index in [0.29, 0.717) is 17.8 Å². The number of nitro benzene ring substituents is 1. The lowest BCUT2D eigenvalue weighted by atomic mass is 10.1. The SMILES string of the molecule is CN1C2CCC1CN(c1cccc(F)c1[N+](=O)[O-])CC2. The van der Waals surface area contributed by atoms with E-state index in [1.54, 1.807) is 12.1 Å². The first-order valence-corrected chi connectivity index (χ1v) is 6.97. The molecule has 0 N–H and O–H groups in total. The van der Waals surface area contributed by atoms with Gasteiger partial charge in [0.05, 0.1) is 4.92 Å². The fourth-order valence-electron chi connectivity index (χ4n) is 3.47. The lowest BCUT2D eigenvalue weighted by Crippen LogP contribution is -2.36. The number of fused-ring (bicyclic) bond motifs is 2. The molecule has 0 aliphatic carbocycles. The molecule has 6 heteroatoms. The summed E-state index contributed by atoms with van der Waals surface area (Å²) in [5, 5.41) is 11.1. The first kappa shape index (κ1) is 13.3. The summed E-state index contributed by atoms with van der Waals surface area (Å²) in [5.41, 5.74) is 0.0175. The molecule has 1 aromatic rings. The van der Waals surface area contributed by atoms with Crippen LogP contribution < -0.4 is 4.90 Å². The van der Waals surface area contributed by atoms with E-state index in [2.05, 4.69) is 11.9 Å². The lowest BCUT2D eigenvalue weighted by Gasteiger charge is -2.27. The van der Waals surface area contributed by atoms with Gasteiger partial charge in [0.2, 0.25) is 5.82 Å². The number of rotatable bonds is 2. The van der Waals surface area contributed by atoms with E-state index < -0.39 is 16.4 Å². The second kappa shape index (κ2) is 5.01. The number of hydrogen-bond acceptors (Lipinski definition) is 4. The Hall–Kier alpha value is -1.69. The second-order valence-corrected chi connectivity index (χ2v) is 5.65. The van der Waals surface area contributed by atoms with Crippen LogP contribution in [0.25, 0.3) is 0 Å². The smallest absolute Gasteiger partial charge is 0.327 e. The molecule has 2 heterocycles. The molecule has 3 rings (SSSR count). The molecule has 1 aromatic carbocycles. The van der Waals surface area contributed by atoms with Crippen LogP contribution in [0.4, 0.5) is 15.8 Å². The number of nitro groups is 1. The monoisotopic (exact) mass is 279 g/mol. The van der Waals surface area contributed by atoms with Gasteiger partial charge >= 0.3 is 5.69 Å². The normalized spacial score (nSPS) is 26.6. The summed E-state index contributed by atoms with van der Waals surface area (Å²) in [7, 11) is 2.12. The first-order valence-electron chi connectivity index (χ1n) is 6.97. The molecule has 0 spiro atoms. The summed E-state index contributed by atoms with van der Waals surface area (Å²) < 4.78 is 13.7. The largest absolute Gasteiger partial charge is 0.364 e. The average Bonchev–Trinajstić information content (AvgIpc) is 2.62. The zero-order valence-corrected chi connectivity index (χ0v) is 11.5. The molecule has 2 atom stereocenters. The Bertz CT molecular complexity index is 537. The molecule has 20 heavy (non-hydrogen) atoms. The number of hydrogen-bond donors (Lipinski definition) is 0. The third-order valence-electron chi connectivity index (χ3n) is 4.64. The van der Waals surface area contributed by atoms with E-state index in [9.17, 15) is 14.5 Å². The van der Waals surface area contributed by atoms with Crippen molar-refractivity contribution in [1.82, 2.24) is 4.90 Å². The van der Waals surface area contributed by atoms with Crippen LogP contribution in [0.2, 0.25) is 0 Å². The minimum atomic E-state index is -0.754. The molecule has 2 aliphatic rings. The summed E-state index contributed by atoms with van der Waals surface area (Å²) in [5.74, 6) is -0.754. The quantitative estimate of drug-likeness (QED) is 0.616. The highest BCUT2D eigenvalue weighted by atomic mass is 19.1. The maximum atomic E-state index is 13.7. The molecule has 2 aliphatic heterocycles. The highest BCUT2D eigenvalue weighted by molar-refractivity contribution is 5.64. The summed E-state index contributed by atoms with van der Waals surface area (Å²) in [4.78, 5) is 14.9. The Morgan fingerprint density at radius 2 is 2.05 bits per heavy atom. The maximum absolute atomic E-state index is 13.7. The Kier molecular flexibility index (Phi) is 3.33. The molecule has 0 amide bonds. The van der Waals surface area contributed by atoms with Crippen LogP contribution in [0.3, 0.4) is 0 Å². The van der Waals surface area contributed by atoms with Crippen molar-refractivity contribution in [1.29, 1.82) is 0 Å². The van der Waals surface area contributed by atoms with Crippen molar-refractivity contribution in [3.05, 3.63) is 34.1 Å². The van der Waals surface area contributed by atoms with E-state index in [4.69, 9.17) is 0 Å². The first-order chi connectivity index (χ1) is 9.58. The predicted octanol–water partition coefficient (Wildman–Crippen LogP) is 2.41. The van der Waals surface area contributed by atoms with Crippen LogP contribution in [0.15, 0.2) is 18.2 Å². The van der Waals surface area contributed by atoms with E-state index >= 15 is 0 Å². The fourth-order valence-corrected chi connectivity index (χ4v) is 3.47. The summed E-state index contributed by atoms with van der Waals surface area (Å²) in [6.07, 6.45) is 3.28. The fraction of sp³-hybridized carbons (Fsp3) is 0.571. The molecular formula is C14H18FN3O2. The Morgan fingerprint density at radius 1 is 1.30 bits per heavy atom. The van der Waals surface area contributed by atoms with E-state index in [-0.39, 0.29) is 0 Å². The van der Waals surface area contributed by atoms with Crippen molar-refractivity contribution >= 4 is 11.4 Å². The number of anilines is 1. The van der Waals surface area contributed by atoms with Crippen molar-refractivity contribution in [3.8, 4) is 0 Å². The standard InChI is InChI=1S/C14H18FN3O2/c1-16-10-5-6-11(16)9-17(8-7-10)13-4-2-3-12(15)14(13)18(19)20/h2-4,10-11H,5-9H2,1H3. The van der Waals surface area contributed by atoms with Gasteiger partial charge in [0.15, 0.2) is 0 Å². The molecule has 0 aromatic heterocycles. The van der Waals surface area contributed by atoms with Crippen LogP contribution in [0.5, 0.6) is 0 Å². The number of benzene rings is 1. The van der Waals surface area contributed by atoms with Gasteiger partial charge < -0.3 is 4.90 Å². The van der Waals surface area contributed by atoms with Gasteiger partial charge in [-0.2, -0.15) is 4.39 Å². The van der Waals surface area contributed by atoms with Crippen molar-refractivity contribution in [2.75, 3.05) is 25.0 Å². The highest BCUT2D eigenvalue weighted by Gasteiger charge is 2.36. The second-order valence-electron chi connectivity index (χ2n) is 5.65. The van der Waals surface area contributed by atoms with Crippen molar-refractivity contribution in [2.24, 2.45) is 0 Å². The van der Waals surface area contributed by atoms with Crippen molar-refractivity contribution in [2.45, 2.75) is 31.3 Å². The minimum Gasteiger partial charge on any atom is -0.364 e. The Labute approximate surface area is 117 Å². The van der Waals surface area contributed by atoms with E-state index in [1.807, 2.05) is 4.90 Å². The summed E-state index contributed by atoms with van der Waals surface area (Å²) >= 11 is 0. The molecule has 5 nitrogen and oxygen atoms in total. The molecule has 2 fully saturated rings. The van der Waals surface area contributed by atoms with Gasteiger partial charge in [-0.15, -0.1) is 0 Å². The van der Waals surface area contributed by atoms with Crippen molar-refractivity contribution in [3.63, 3.8) is 0 Å². The number of nitrogens with zero attached hydrogens (tertiary/aromatic N) is 3. The molecule has 0 saturated carbocycles. The van der Waals surface area contributed by atoms with Crippen LogP contribution in [0.1, 0.15) is 19.3 Å². The Balaban J connectivity index is 1.94. The van der Waals surface area contributed by atoms with Gasteiger partial charge in [-0.05, 0) is 38.4 Å². The molecule has 2 bridgehead atoms. The maximum Gasteiger partial charge on any atom is 0.327 e. The van der Waals surface area contributed by atoms with Gasteiger partial charge in [0.1, 0.15) is 5.69 Å². The molecule has 2 unspecified atom stereocenters. The van der Waals surface area contributed by atoms with Gasteiger partial charge in [0.25, 0.3) is 0 Å². The number of para-hydroxylation sites is 1. The molecular weight excluding hydrogens is 261 g/mol. The lowest BCUT2D eigenvalue weighted by molar-refractivity contribution is -0.386. The molecule has 108 valence electrons. The third kappa shape index (κ3) is 2.14. The topological polar surface area (TPSA) is 49.6 Å². The number of likely N-dealkylation sites (N-methyl/N-ethyl adjacent to an activating group) is 1. The van der Waals surface area contributed by atoms with Crippen LogP contribution in [-0.2, 0) is 0 Å². The van der Waals surface area contributed by atoms with Gasteiger partial charge in [0, 0.05) is 25.2 Å².